The van der Waals surface area contributed by atoms with Gasteiger partial charge in [0.1, 0.15) is 29.3 Å². The number of rotatable bonds is 5. The number of carbonyl (C=O) groups is 1. The van der Waals surface area contributed by atoms with Gasteiger partial charge >= 0.3 is 0 Å². The highest BCUT2D eigenvalue weighted by molar-refractivity contribution is 6.43. The van der Waals surface area contributed by atoms with Crippen LogP contribution < -0.4 is 16.2 Å². The number of nitrogens with two attached hydrogens (primary N) is 2. The van der Waals surface area contributed by atoms with E-state index in [1.807, 2.05) is 0 Å². The molecule has 1 aliphatic heterocycles. The number of aliphatic hydroxyl groups is 1. The Morgan fingerprint density at radius 2 is 1.94 bits per heavy atom. The molecule has 2 atom stereocenters. The summed E-state index contributed by atoms with van der Waals surface area (Å²) in [6.07, 6.45) is 0. The third-order valence-corrected chi connectivity index (χ3v) is 6.62. The van der Waals surface area contributed by atoms with Crippen LogP contribution in [0.1, 0.15) is 23.9 Å². The summed E-state index contributed by atoms with van der Waals surface area (Å²) in [7, 11) is 0. The van der Waals surface area contributed by atoms with Crippen LogP contribution in [-0.4, -0.2) is 34.1 Å². The minimum Gasteiger partial charge on any atom is -0.489 e. The van der Waals surface area contributed by atoms with E-state index in [1.165, 1.54) is 24.3 Å². The third kappa shape index (κ3) is 3.61. The quantitative estimate of drug-likeness (QED) is 0.369. The number of fused-ring (bicyclic) bond motifs is 1. The van der Waals surface area contributed by atoms with Gasteiger partial charge in [0, 0.05) is 17.7 Å². The molecule has 7 nitrogen and oxygen atoms in total. The number of pyridine rings is 2. The molecule has 2 aromatic heterocycles. The second-order valence-corrected chi connectivity index (χ2v) is 8.61. The van der Waals surface area contributed by atoms with Gasteiger partial charge in [0.2, 0.25) is 11.9 Å². The number of primary amides is 1. The zero-order valence-corrected chi connectivity index (χ0v) is 18.7. The molecule has 5 N–H and O–H groups in total. The molecule has 1 aromatic carbocycles. The van der Waals surface area contributed by atoms with E-state index < -0.39 is 35.2 Å². The van der Waals surface area contributed by atoms with Crippen molar-refractivity contribution >= 4 is 29.1 Å². The Labute approximate surface area is 197 Å². The molecule has 0 saturated carbocycles. The molecular formula is C22H18Cl2F2N4O3. The van der Waals surface area contributed by atoms with Crippen molar-refractivity contribution in [3.05, 3.63) is 75.2 Å². The van der Waals surface area contributed by atoms with Gasteiger partial charge in [-0.1, -0.05) is 29.3 Å². The van der Waals surface area contributed by atoms with Crippen LogP contribution in [0.2, 0.25) is 10.0 Å². The first kappa shape index (κ1) is 23.3. The monoisotopic (exact) mass is 494 g/mol. The van der Waals surface area contributed by atoms with Crippen molar-refractivity contribution in [2.75, 3.05) is 13.2 Å². The Kier molecular flexibility index (Phi) is 5.78. The Bertz CT molecular complexity index is 1290. The van der Waals surface area contributed by atoms with Crippen LogP contribution in [0.15, 0.2) is 36.4 Å². The predicted octanol–water partition coefficient (Wildman–Crippen LogP) is 3.06. The van der Waals surface area contributed by atoms with Gasteiger partial charge < -0.3 is 21.3 Å². The smallest absolute Gasteiger partial charge is 0.231 e. The summed E-state index contributed by atoms with van der Waals surface area (Å²) in [4.78, 5) is 20.6. The van der Waals surface area contributed by atoms with Crippen LogP contribution in [-0.2, 0) is 15.8 Å². The van der Waals surface area contributed by atoms with Crippen LogP contribution in [0.5, 0.6) is 5.75 Å². The van der Waals surface area contributed by atoms with E-state index in [1.54, 1.807) is 6.92 Å². The van der Waals surface area contributed by atoms with E-state index in [4.69, 9.17) is 39.4 Å². The van der Waals surface area contributed by atoms with E-state index in [0.717, 1.165) is 12.1 Å². The van der Waals surface area contributed by atoms with E-state index in [2.05, 4.69) is 9.97 Å². The molecule has 172 valence electrons. The summed E-state index contributed by atoms with van der Waals surface area (Å²) in [6.45, 7) is 1.03. The van der Waals surface area contributed by atoms with Gasteiger partial charge in [-0.15, -0.1) is 0 Å². The van der Waals surface area contributed by atoms with Gasteiger partial charge in [-0.25, -0.2) is 14.4 Å². The number of ether oxygens (including phenoxy) is 1. The summed E-state index contributed by atoms with van der Waals surface area (Å²) >= 11 is 12.3. The molecule has 0 fully saturated rings. The molecule has 0 radical (unpaired) electrons. The Morgan fingerprint density at radius 1 is 1.21 bits per heavy atom. The number of hydrogen-bond acceptors (Lipinski definition) is 6. The van der Waals surface area contributed by atoms with Crippen molar-refractivity contribution in [3.8, 4) is 17.0 Å². The topological polar surface area (TPSA) is 124 Å². The molecule has 0 spiro atoms. The largest absolute Gasteiger partial charge is 0.489 e. The summed E-state index contributed by atoms with van der Waals surface area (Å²) in [5.41, 5.74) is 8.58. The molecule has 4 rings (SSSR count). The first-order valence-corrected chi connectivity index (χ1v) is 10.5. The van der Waals surface area contributed by atoms with Crippen molar-refractivity contribution in [2.24, 2.45) is 11.5 Å². The number of hydrogen-bond donors (Lipinski definition) is 3. The highest BCUT2D eigenvalue weighted by atomic mass is 35.5. The highest BCUT2D eigenvalue weighted by Crippen LogP contribution is 2.48. The summed E-state index contributed by atoms with van der Waals surface area (Å²) < 4.78 is 33.5. The fourth-order valence-corrected chi connectivity index (χ4v) is 4.08. The van der Waals surface area contributed by atoms with Crippen LogP contribution in [0.25, 0.3) is 11.3 Å². The SMILES string of the molecule is C[C@]1(C(N)=O)COc2c1cc([C@@](O)(CN)c1cccc(F)n1)nc2-c1ccc(F)c(Cl)c1Cl. The first-order valence-electron chi connectivity index (χ1n) is 9.71. The van der Waals surface area contributed by atoms with Crippen LogP contribution in [0.3, 0.4) is 0 Å². The Morgan fingerprint density at radius 3 is 2.58 bits per heavy atom. The molecule has 11 heteroatoms. The fraction of sp³-hybridized carbons (Fsp3) is 0.227. The summed E-state index contributed by atoms with van der Waals surface area (Å²) in [6, 6.07) is 7.70. The molecule has 0 bridgehead atoms. The zero-order chi connectivity index (χ0) is 24.1. The molecule has 33 heavy (non-hydrogen) atoms. The lowest BCUT2D eigenvalue weighted by Gasteiger charge is -2.28. The van der Waals surface area contributed by atoms with E-state index in [0.29, 0.717) is 5.56 Å². The molecule has 0 aliphatic carbocycles. The normalized spacial score (nSPS) is 19.0. The van der Waals surface area contributed by atoms with Crippen molar-refractivity contribution in [1.82, 2.24) is 9.97 Å². The maximum Gasteiger partial charge on any atom is 0.231 e. The van der Waals surface area contributed by atoms with E-state index >= 15 is 0 Å². The van der Waals surface area contributed by atoms with Gasteiger partial charge in [-0.2, -0.15) is 4.39 Å². The number of benzene rings is 1. The van der Waals surface area contributed by atoms with Crippen molar-refractivity contribution in [3.63, 3.8) is 0 Å². The molecule has 1 amide bonds. The third-order valence-electron chi connectivity index (χ3n) is 5.76. The lowest BCUT2D eigenvalue weighted by atomic mass is 9.81. The van der Waals surface area contributed by atoms with E-state index in [9.17, 15) is 18.7 Å². The van der Waals surface area contributed by atoms with E-state index in [-0.39, 0.29) is 45.0 Å². The number of nitrogens with zero attached hydrogens (tertiary/aromatic N) is 2. The number of carbonyl (C=O) groups excluding carboxylic acids is 1. The fourth-order valence-electron chi connectivity index (χ4n) is 3.67. The second-order valence-electron chi connectivity index (χ2n) is 7.85. The molecule has 0 saturated heterocycles. The second kappa shape index (κ2) is 8.18. The summed E-state index contributed by atoms with van der Waals surface area (Å²) in [5.74, 6) is -2.10. The lowest BCUT2D eigenvalue weighted by molar-refractivity contribution is -0.123. The van der Waals surface area contributed by atoms with Crippen LogP contribution in [0.4, 0.5) is 8.78 Å². The molecule has 0 unspecified atom stereocenters. The van der Waals surface area contributed by atoms with Crippen LogP contribution >= 0.6 is 23.2 Å². The Hall–Kier alpha value is -2.85. The zero-order valence-electron chi connectivity index (χ0n) is 17.2. The number of aromatic nitrogens is 2. The maximum absolute atomic E-state index is 13.9. The highest BCUT2D eigenvalue weighted by Gasteiger charge is 2.46. The molecule has 3 aromatic rings. The van der Waals surface area contributed by atoms with Gasteiger partial charge in [-0.05, 0) is 37.3 Å². The minimum absolute atomic E-state index is 0.0636. The predicted molar refractivity (Wildman–Crippen MR) is 118 cm³/mol. The van der Waals surface area contributed by atoms with Crippen molar-refractivity contribution in [1.29, 1.82) is 0 Å². The number of halogens is 4. The minimum atomic E-state index is -2.05. The van der Waals surface area contributed by atoms with Crippen molar-refractivity contribution in [2.45, 2.75) is 17.9 Å². The Balaban J connectivity index is 2.06. The van der Waals surface area contributed by atoms with Gasteiger partial charge in [0.25, 0.3) is 0 Å². The first-order chi connectivity index (χ1) is 15.5. The maximum atomic E-state index is 13.9. The summed E-state index contributed by atoms with van der Waals surface area (Å²) in [5, 5.41) is 11.0. The van der Waals surface area contributed by atoms with Crippen molar-refractivity contribution < 1.29 is 23.4 Å². The number of amides is 1. The average molecular weight is 495 g/mol. The van der Waals surface area contributed by atoms with Gasteiger partial charge in [-0.3, -0.25) is 4.79 Å². The van der Waals surface area contributed by atoms with Gasteiger partial charge in [0.05, 0.1) is 21.4 Å². The van der Waals surface area contributed by atoms with Crippen LogP contribution in [0, 0.1) is 11.8 Å². The lowest BCUT2D eigenvalue weighted by Crippen LogP contribution is -2.41. The molecular weight excluding hydrogens is 477 g/mol. The molecule has 3 heterocycles. The van der Waals surface area contributed by atoms with Gasteiger partial charge in [0.15, 0.2) is 5.60 Å². The average Bonchev–Trinajstić information content (AvgIpc) is 3.15. The standard InChI is InChI=1S/C22H18Cl2F2N4O3/c1-21(20(28)31)9-33-19-11(21)7-14(22(32,8-27)13-3-2-4-15(26)29-13)30-18(19)10-5-6-12(25)17(24)16(10)23/h2-7,32H,8-9,27H2,1H3,(H2,28,31)/t21-,22+/m0/s1. The molecule has 1 aliphatic rings.